The van der Waals surface area contributed by atoms with E-state index in [0.29, 0.717) is 10.9 Å². The largest absolute Gasteiger partial charge is 0.441 e. The lowest BCUT2D eigenvalue weighted by Gasteiger charge is -2.25. The van der Waals surface area contributed by atoms with Crippen molar-refractivity contribution in [3.05, 3.63) is 70.0 Å². The number of ether oxygens (including phenoxy) is 1. The average molecular weight is 420 g/mol. The summed E-state index contributed by atoms with van der Waals surface area (Å²) in [6, 6.07) is 12.0. The lowest BCUT2D eigenvalue weighted by Crippen LogP contribution is -2.46. The second kappa shape index (κ2) is 8.10. The Bertz CT molecular complexity index is 1210. The van der Waals surface area contributed by atoms with Gasteiger partial charge in [0.1, 0.15) is 11.6 Å². The van der Waals surface area contributed by atoms with Crippen LogP contribution < -0.4 is 5.56 Å². The quantitative estimate of drug-likeness (QED) is 0.443. The van der Waals surface area contributed by atoms with E-state index < -0.39 is 36.1 Å². The number of benzene rings is 2. The van der Waals surface area contributed by atoms with Gasteiger partial charge in [0, 0.05) is 0 Å². The Morgan fingerprint density at radius 1 is 0.968 bits per heavy atom. The van der Waals surface area contributed by atoms with Crippen molar-refractivity contribution in [2.24, 2.45) is 5.92 Å². The predicted molar refractivity (Wildman–Crippen MR) is 110 cm³/mol. The maximum Gasteiger partial charge on any atom is 0.331 e. The predicted octanol–water partition coefficient (Wildman–Crippen LogP) is 2.00. The second-order valence-corrected chi connectivity index (χ2v) is 7.67. The molecule has 1 atom stereocenters. The van der Waals surface area contributed by atoms with Crippen molar-refractivity contribution in [1.29, 1.82) is 0 Å². The van der Waals surface area contributed by atoms with Crippen LogP contribution in [0.4, 0.5) is 0 Å². The van der Waals surface area contributed by atoms with Gasteiger partial charge in [0.05, 0.1) is 16.5 Å². The third kappa shape index (κ3) is 3.70. The first-order chi connectivity index (χ1) is 14.9. The average Bonchev–Trinajstić information content (AvgIpc) is 3.02. The molecule has 3 aromatic rings. The van der Waals surface area contributed by atoms with Gasteiger partial charge < -0.3 is 4.74 Å². The number of imide groups is 1. The topological polar surface area (TPSA) is 111 Å². The third-order valence-electron chi connectivity index (χ3n) is 5.06. The molecule has 2 amide bonds. The Kier molecular flexibility index (Phi) is 5.33. The normalized spacial score (nSPS) is 14.2. The first-order valence-corrected chi connectivity index (χ1v) is 9.84. The first-order valence-electron chi connectivity index (χ1n) is 9.84. The summed E-state index contributed by atoms with van der Waals surface area (Å²) < 4.78 is 6.23. The number of rotatable bonds is 6. The molecule has 0 spiro atoms. The van der Waals surface area contributed by atoms with Gasteiger partial charge in [-0.25, -0.2) is 4.79 Å². The molecular formula is C22H20N4O5. The molecule has 1 aliphatic rings. The number of carbonyl (C=O) groups is 3. The molecule has 2 heterocycles. The molecule has 9 nitrogen and oxygen atoms in total. The molecule has 9 heteroatoms. The van der Waals surface area contributed by atoms with Crippen LogP contribution in [0, 0.1) is 5.92 Å². The molecule has 0 saturated carbocycles. The van der Waals surface area contributed by atoms with Gasteiger partial charge in [0.15, 0.2) is 6.73 Å². The van der Waals surface area contributed by atoms with Gasteiger partial charge in [-0.3, -0.25) is 19.3 Å². The zero-order valence-corrected chi connectivity index (χ0v) is 17.0. The summed E-state index contributed by atoms with van der Waals surface area (Å²) in [7, 11) is 0. The number of hydrogen-bond acceptors (Lipinski definition) is 7. The fraction of sp³-hybridized carbons (Fsp3) is 0.273. The monoisotopic (exact) mass is 420 g/mol. The van der Waals surface area contributed by atoms with Crippen molar-refractivity contribution in [3.8, 4) is 0 Å². The van der Waals surface area contributed by atoms with Crippen molar-refractivity contribution >= 4 is 28.7 Å². The summed E-state index contributed by atoms with van der Waals surface area (Å²) in [6.07, 6.45) is 0.225. The van der Waals surface area contributed by atoms with E-state index in [-0.39, 0.29) is 23.5 Å². The number of nitrogens with zero attached hydrogens (tertiary/aromatic N) is 4. The highest BCUT2D eigenvalue weighted by Gasteiger charge is 2.43. The summed E-state index contributed by atoms with van der Waals surface area (Å²) in [5, 5.41) is 8.07. The molecule has 31 heavy (non-hydrogen) atoms. The molecule has 0 radical (unpaired) electrons. The van der Waals surface area contributed by atoms with Crippen LogP contribution in [0.1, 0.15) is 41.0 Å². The van der Waals surface area contributed by atoms with Crippen molar-refractivity contribution in [3.63, 3.8) is 0 Å². The maximum atomic E-state index is 12.9. The number of aromatic nitrogens is 3. The molecule has 2 aromatic carbocycles. The third-order valence-corrected chi connectivity index (χ3v) is 5.06. The number of hydrogen-bond donors (Lipinski definition) is 0. The van der Waals surface area contributed by atoms with E-state index in [4.69, 9.17) is 4.74 Å². The Balaban J connectivity index is 1.58. The number of fused-ring (bicyclic) bond motifs is 2. The Morgan fingerprint density at radius 3 is 2.23 bits per heavy atom. The summed E-state index contributed by atoms with van der Waals surface area (Å²) in [5.41, 5.74) is 0.481. The highest BCUT2D eigenvalue weighted by atomic mass is 16.5. The van der Waals surface area contributed by atoms with E-state index in [9.17, 15) is 19.2 Å². The zero-order valence-electron chi connectivity index (χ0n) is 17.0. The van der Waals surface area contributed by atoms with Crippen LogP contribution in [-0.2, 0) is 16.3 Å². The Hall–Kier alpha value is -3.88. The summed E-state index contributed by atoms with van der Waals surface area (Å²) in [5.74, 6) is -1.85. The minimum absolute atomic E-state index is 0.00467. The van der Waals surface area contributed by atoms with Crippen LogP contribution in [-0.4, -0.2) is 43.7 Å². The minimum Gasteiger partial charge on any atom is -0.441 e. The van der Waals surface area contributed by atoms with E-state index in [0.717, 1.165) is 9.58 Å². The number of amides is 2. The van der Waals surface area contributed by atoms with Crippen LogP contribution in [0.3, 0.4) is 0 Å². The maximum absolute atomic E-state index is 12.9. The molecule has 0 unspecified atom stereocenters. The molecule has 1 aromatic heterocycles. The smallest absolute Gasteiger partial charge is 0.331 e. The van der Waals surface area contributed by atoms with Crippen molar-refractivity contribution < 1.29 is 19.1 Å². The van der Waals surface area contributed by atoms with E-state index >= 15 is 0 Å². The Morgan fingerprint density at radius 2 is 1.58 bits per heavy atom. The van der Waals surface area contributed by atoms with Crippen LogP contribution in [0.5, 0.6) is 0 Å². The van der Waals surface area contributed by atoms with Crippen molar-refractivity contribution in [2.45, 2.75) is 33.0 Å². The van der Waals surface area contributed by atoms with Gasteiger partial charge in [-0.15, -0.1) is 5.10 Å². The highest BCUT2D eigenvalue weighted by molar-refractivity contribution is 6.22. The van der Waals surface area contributed by atoms with Gasteiger partial charge in [0.2, 0.25) is 0 Å². The van der Waals surface area contributed by atoms with Gasteiger partial charge in [-0.05, 0) is 36.6 Å². The van der Waals surface area contributed by atoms with Gasteiger partial charge in [-0.1, -0.05) is 43.3 Å². The van der Waals surface area contributed by atoms with Crippen LogP contribution in [0.15, 0.2) is 53.3 Å². The second-order valence-electron chi connectivity index (χ2n) is 7.67. The SMILES string of the molecule is CC(C)C[C@@H](C(=O)OCn1nnc2ccccc2c1=O)N1C(=O)c2ccccc2C1=O. The van der Waals surface area contributed by atoms with Crippen LogP contribution >= 0.6 is 0 Å². The summed E-state index contributed by atoms with van der Waals surface area (Å²) in [4.78, 5) is 52.1. The molecule has 4 rings (SSSR count). The van der Waals surface area contributed by atoms with Gasteiger partial charge in [0.25, 0.3) is 17.4 Å². The fourth-order valence-corrected chi connectivity index (χ4v) is 3.57. The molecule has 0 N–H and O–H groups in total. The molecule has 0 fully saturated rings. The number of esters is 1. The molecule has 0 saturated heterocycles. The first kappa shape index (κ1) is 20.4. The van der Waals surface area contributed by atoms with Crippen molar-refractivity contribution in [2.75, 3.05) is 0 Å². The molecule has 0 bridgehead atoms. The number of carbonyl (C=O) groups excluding carboxylic acids is 3. The van der Waals surface area contributed by atoms with Gasteiger partial charge in [-0.2, -0.15) is 4.68 Å². The minimum atomic E-state index is -1.11. The standard InChI is InChI=1S/C22H20N4O5/c1-13(2)11-18(26-20(28)14-7-3-4-8-15(14)21(26)29)22(30)31-12-25-19(27)16-9-5-6-10-17(16)23-24-25/h3-10,13,18H,11-12H2,1-2H3/t18-/m0/s1. The van der Waals surface area contributed by atoms with E-state index in [1.165, 1.54) is 0 Å². The van der Waals surface area contributed by atoms with E-state index in [1.807, 2.05) is 13.8 Å². The van der Waals surface area contributed by atoms with Crippen LogP contribution in [0.2, 0.25) is 0 Å². The lowest BCUT2D eigenvalue weighted by atomic mass is 10.0. The van der Waals surface area contributed by atoms with Gasteiger partial charge >= 0.3 is 5.97 Å². The molecule has 0 aliphatic carbocycles. The van der Waals surface area contributed by atoms with Crippen LogP contribution in [0.25, 0.3) is 10.9 Å². The summed E-state index contributed by atoms with van der Waals surface area (Å²) >= 11 is 0. The lowest BCUT2D eigenvalue weighted by molar-refractivity contribution is -0.153. The molecule has 158 valence electrons. The fourth-order valence-electron chi connectivity index (χ4n) is 3.57. The molecule has 1 aliphatic heterocycles. The molecular weight excluding hydrogens is 400 g/mol. The van der Waals surface area contributed by atoms with Crippen molar-refractivity contribution in [1.82, 2.24) is 19.9 Å². The van der Waals surface area contributed by atoms with E-state index in [1.54, 1.807) is 48.5 Å². The highest BCUT2D eigenvalue weighted by Crippen LogP contribution is 2.27. The van der Waals surface area contributed by atoms with E-state index in [2.05, 4.69) is 10.3 Å². The summed E-state index contributed by atoms with van der Waals surface area (Å²) in [6.45, 7) is 3.27. The Labute approximate surface area is 177 Å². The zero-order chi connectivity index (χ0) is 22.1.